The van der Waals surface area contributed by atoms with Gasteiger partial charge in [0.1, 0.15) is 11.6 Å². The Morgan fingerprint density at radius 1 is 1.14 bits per heavy atom. The molecule has 0 aliphatic heterocycles. The van der Waals surface area contributed by atoms with Gasteiger partial charge < -0.3 is 10.3 Å². The van der Waals surface area contributed by atoms with E-state index in [1.807, 2.05) is 0 Å². The van der Waals surface area contributed by atoms with Crippen LogP contribution >= 0.6 is 0 Å². The van der Waals surface area contributed by atoms with Crippen LogP contribution in [0.4, 0.5) is 8.78 Å². The van der Waals surface area contributed by atoms with Gasteiger partial charge >= 0.3 is 0 Å². The summed E-state index contributed by atoms with van der Waals surface area (Å²) in [6.45, 7) is 0. The lowest BCUT2D eigenvalue weighted by atomic mass is 9.99. The van der Waals surface area contributed by atoms with Crippen LogP contribution in [-0.4, -0.2) is 10.1 Å². The molecule has 0 spiro atoms. The average molecular weight is 305 g/mol. The molecule has 1 heterocycles. The van der Waals surface area contributed by atoms with E-state index in [1.54, 1.807) is 0 Å². The molecule has 4 rings (SSSR count). The van der Waals surface area contributed by atoms with Gasteiger partial charge in [0.05, 0.1) is 5.54 Å². The molecule has 2 aliphatic rings. The van der Waals surface area contributed by atoms with Gasteiger partial charge in [0.2, 0.25) is 5.89 Å². The maximum atomic E-state index is 13.8. The molecule has 116 valence electrons. The minimum Gasteiger partial charge on any atom is -0.339 e. The van der Waals surface area contributed by atoms with Crippen LogP contribution < -0.4 is 5.73 Å². The molecule has 2 aromatic rings. The van der Waals surface area contributed by atoms with E-state index in [-0.39, 0.29) is 17.4 Å². The van der Waals surface area contributed by atoms with Gasteiger partial charge in [0.25, 0.3) is 0 Å². The van der Waals surface area contributed by atoms with Crippen molar-refractivity contribution >= 4 is 0 Å². The molecule has 0 amide bonds. The molecule has 22 heavy (non-hydrogen) atoms. The summed E-state index contributed by atoms with van der Waals surface area (Å²) in [5.41, 5.74) is 5.92. The lowest BCUT2D eigenvalue weighted by molar-refractivity contribution is 0.348. The first kappa shape index (κ1) is 13.8. The van der Waals surface area contributed by atoms with Gasteiger partial charge in [0, 0.05) is 17.4 Å². The van der Waals surface area contributed by atoms with E-state index in [4.69, 9.17) is 10.3 Å². The number of benzene rings is 1. The number of hydrogen-bond acceptors (Lipinski definition) is 4. The van der Waals surface area contributed by atoms with Gasteiger partial charge in [-0.15, -0.1) is 0 Å². The fraction of sp³-hybridized carbons (Fsp3) is 0.500. The first-order valence-corrected chi connectivity index (χ1v) is 7.65. The van der Waals surface area contributed by atoms with Crippen molar-refractivity contribution in [3.05, 3.63) is 47.1 Å². The molecule has 2 N–H and O–H groups in total. The van der Waals surface area contributed by atoms with Crippen molar-refractivity contribution in [3.63, 3.8) is 0 Å². The van der Waals surface area contributed by atoms with E-state index in [1.165, 1.54) is 18.2 Å². The smallest absolute Gasteiger partial charge is 0.230 e. The Balaban J connectivity index is 1.57. The predicted octanol–water partition coefficient (Wildman–Crippen LogP) is 3.35. The van der Waals surface area contributed by atoms with E-state index >= 15 is 0 Å². The predicted molar refractivity (Wildman–Crippen MR) is 75.1 cm³/mol. The molecule has 2 aliphatic carbocycles. The highest BCUT2D eigenvalue weighted by Crippen LogP contribution is 2.55. The van der Waals surface area contributed by atoms with Crippen LogP contribution in [0.3, 0.4) is 0 Å². The maximum Gasteiger partial charge on any atom is 0.230 e. The topological polar surface area (TPSA) is 64.9 Å². The highest BCUT2D eigenvalue weighted by molar-refractivity contribution is 5.33. The molecule has 6 heteroatoms. The second-order valence-corrected chi connectivity index (χ2v) is 6.40. The monoisotopic (exact) mass is 305 g/mol. The summed E-state index contributed by atoms with van der Waals surface area (Å²) < 4.78 is 32.9. The number of aromatic nitrogens is 2. The fourth-order valence-electron chi connectivity index (χ4n) is 3.47. The molecule has 1 aromatic heterocycles. The second kappa shape index (κ2) is 4.84. The third-order valence-electron chi connectivity index (χ3n) is 4.86. The van der Waals surface area contributed by atoms with Gasteiger partial charge in [-0.25, -0.2) is 8.78 Å². The molecule has 0 bridgehead atoms. The summed E-state index contributed by atoms with van der Waals surface area (Å²) in [6.07, 6.45) is 4.45. The van der Waals surface area contributed by atoms with Crippen molar-refractivity contribution < 1.29 is 13.3 Å². The van der Waals surface area contributed by atoms with Crippen molar-refractivity contribution in [3.8, 4) is 0 Å². The van der Waals surface area contributed by atoms with Crippen molar-refractivity contribution in [2.24, 2.45) is 5.73 Å². The third kappa shape index (κ3) is 2.13. The number of halogens is 2. The first-order chi connectivity index (χ1) is 10.6. The molecule has 1 aromatic carbocycles. The van der Waals surface area contributed by atoms with Gasteiger partial charge in [-0.3, -0.25) is 0 Å². The quantitative estimate of drug-likeness (QED) is 0.944. The SMILES string of the molecule is NC1(c2noc(C3CC3c3c(F)cccc3F)n2)CCCC1. The molecule has 2 saturated carbocycles. The zero-order valence-corrected chi connectivity index (χ0v) is 12.1. The van der Waals surface area contributed by atoms with Crippen molar-refractivity contribution in [1.82, 2.24) is 10.1 Å². The van der Waals surface area contributed by atoms with E-state index in [0.29, 0.717) is 18.1 Å². The largest absolute Gasteiger partial charge is 0.339 e. The lowest BCUT2D eigenvalue weighted by Crippen LogP contribution is -2.34. The van der Waals surface area contributed by atoms with Crippen LogP contribution in [0.2, 0.25) is 0 Å². The maximum absolute atomic E-state index is 13.8. The van der Waals surface area contributed by atoms with Crippen LogP contribution in [-0.2, 0) is 5.54 Å². The highest BCUT2D eigenvalue weighted by atomic mass is 19.1. The molecular weight excluding hydrogens is 288 g/mol. The second-order valence-electron chi connectivity index (χ2n) is 6.40. The Morgan fingerprint density at radius 3 is 2.50 bits per heavy atom. The van der Waals surface area contributed by atoms with Crippen LogP contribution in [0, 0.1) is 11.6 Å². The summed E-state index contributed by atoms with van der Waals surface area (Å²) in [5, 5.41) is 4.01. The standard InChI is InChI=1S/C16H17F2N3O/c17-11-4-3-5-12(18)13(11)9-8-10(9)14-20-15(21-22-14)16(19)6-1-2-7-16/h3-5,9-10H,1-2,6-8,19H2. The van der Waals surface area contributed by atoms with Gasteiger partial charge in [-0.2, -0.15) is 4.98 Å². The highest BCUT2D eigenvalue weighted by Gasteiger charge is 2.47. The molecule has 0 saturated heterocycles. The zero-order chi connectivity index (χ0) is 15.3. The van der Waals surface area contributed by atoms with E-state index < -0.39 is 17.2 Å². The van der Waals surface area contributed by atoms with Crippen molar-refractivity contribution in [2.75, 3.05) is 0 Å². The van der Waals surface area contributed by atoms with Crippen molar-refractivity contribution in [1.29, 1.82) is 0 Å². The Morgan fingerprint density at radius 2 is 1.82 bits per heavy atom. The Hall–Kier alpha value is -1.82. The normalized spacial score (nSPS) is 26.3. The van der Waals surface area contributed by atoms with Gasteiger partial charge in [-0.05, 0) is 31.4 Å². The number of nitrogens with zero attached hydrogens (tertiary/aromatic N) is 2. The fourth-order valence-corrected chi connectivity index (χ4v) is 3.47. The minimum absolute atomic E-state index is 0.113. The minimum atomic E-state index is -0.515. The summed E-state index contributed by atoms with van der Waals surface area (Å²) >= 11 is 0. The number of hydrogen-bond donors (Lipinski definition) is 1. The van der Waals surface area contributed by atoms with Crippen LogP contribution in [0.1, 0.15) is 61.2 Å². The molecule has 2 unspecified atom stereocenters. The summed E-state index contributed by atoms with van der Waals surface area (Å²) in [4.78, 5) is 4.41. The molecule has 4 nitrogen and oxygen atoms in total. The Kier molecular flexibility index (Phi) is 3.04. The number of rotatable bonds is 3. The molecule has 2 atom stereocenters. The van der Waals surface area contributed by atoms with Gasteiger partial charge in [0.15, 0.2) is 5.82 Å². The molecule has 2 fully saturated rings. The lowest BCUT2D eigenvalue weighted by Gasteiger charge is -2.17. The Labute approximate surface area is 126 Å². The number of nitrogens with two attached hydrogens (primary N) is 1. The van der Waals surface area contributed by atoms with E-state index in [2.05, 4.69) is 10.1 Å². The summed E-state index contributed by atoms with van der Waals surface area (Å²) in [7, 11) is 0. The zero-order valence-electron chi connectivity index (χ0n) is 12.1. The Bertz CT molecular complexity index is 689. The average Bonchev–Trinajstić information content (AvgIpc) is 2.91. The molecular formula is C16H17F2N3O. The van der Waals surface area contributed by atoms with Crippen LogP contribution in [0.15, 0.2) is 22.7 Å². The summed E-state index contributed by atoms with van der Waals surface area (Å²) in [5.74, 6) is -0.403. The van der Waals surface area contributed by atoms with E-state index in [9.17, 15) is 8.78 Å². The third-order valence-corrected chi connectivity index (χ3v) is 4.86. The molecule has 0 radical (unpaired) electrons. The van der Waals surface area contributed by atoms with E-state index in [0.717, 1.165) is 25.7 Å². The first-order valence-electron chi connectivity index (χ1n) is 7.65. The van der Waals surface area contributed by atoms with Gasteiger partial charge in [-0.1, -0.05) is 24.1 Å². The van der Waals surface area contributed by atoms with Crippen LogP contribution in [0.5, 0.6) is 0 Å². The van der Waals surface area contributed by atoms with Crippen molar-refractivity contribution in [2.45, 2.75) is 49.5 Å². The summed E-state index contributed by atoms with van der Waals surface area (Å²) in [6, 6.07) is 3.93. The van der Waals surface area contributed by atoms with Crippen LogP contribution in [0.25, 0.3) is 0 Å².